The van der Waals surface area contributed by atoms with Crippen LogP contribution in [-0.4, -0.2) is 50.1 Å². The second-order valence-electron chi connectivity index (χ2n) is 8.38. The number of imidazole rings is 1. The second kappa shape index (κ2) is 6.55. The van der Waals surface area contributed by atoms with Crippen LogP contribution < -0.4 is 4.90 Å². The molecule has 0 saturated heterocycles. The van der Waals surface area contributed by atoms with Crippen molar-refractivity contribution in [1.82, 2.24) is 24.4 Å². The molecule has 6 rings (SSSR count). The zero-order valence-electron chi connectivity index (χ0n) is 16.2. The lowest BCUT2D eigenvalue weighted by atomic mass is 9.91. The number of fused-ring (bicyclic) bond motifs is 4. The molecular formula is C22H26N6. The van der Waals surface area contributed by atoms with Crippen LogP contribution in [0.25, 0.3) is 11.0 Å². The predicted octanol–water partition coefficient (Wildman–Crippen LogP) is 2.80. The third-order valence-electron chi connectivity index (χ3n) is 6.82. The van der Waals surface area contributed by atoms with Crippen molar-refractivity contribution in [2.45, 2.75) is 51.2 Å². The molecule has 2 aliphatic heterocycles. The minimum Gasteiger partial charge on any atom is -0.336 e. The number of rotatable bonds is 2. The van der Waals surface area contributed by atoms with Crippen LogP contribution in [0.3, 0.4) is 0 Å². The molecular weight excluding hydrogens is 348 g/mol. The fraction of sp³-hybridized carbons (Fsp3) is 0.500. The van der Waals surface area contributed by atoms with Crippen molar-refractivity contribution < 1.29 is 0 Å². The summed E-state index contributed by atoms with van der Waals surface area (Å²) in [6, 6.07) is 7.41. The van der Waals surface area contributed by atoms with Crippen LogP contribution in [0.5, 0.6) is 0 Å². The Bertz CT molecular complexity index is 1010. The van der Waals surface area contributed by atoms with Crippen molar-refractivity contribution in [2.24, 2.45) is 0 Å². The zero-order chi connectivity index (χ0) is 18.5. The molecule has 1 fully saturated rings. The van der Waals surface area contributed by atoms with E-state index >= 15 is 0 Å². The van der Waals surface area contributed by atoms with Crippen molar-refractivity contribution in [2.75, 3.05) is 24.5 Å². The van der Waals surface area contributed by atoms with Crippen molar-refractivity contribution in [3.63, 3.8) is 0 Å². The summed E-state index contributed by atoms with van der Waals surface area (Å²) in [5.41, 5.74) is 5.31. The SMILES string of the molecule is c1cnc(N2CCc3cc4nc5n(c4cc3C2)CCN(C2CCC2)CC5)nc1. The van der Waals surface area contributed by atoms with Crippen LogP contribution in [-0.2, 0) is 25.9 Å². The molecule has 3 aromatic rings. The van der Waals surface area contributed by atoms with E-state index in [2.05, 4.69) is 36.5 Å². The standard InChI is InChI=1S/C22H26N6/c1-3-18(4-1)26-10-6-21-25-19-13-16-5-9-27(22-23-7-2-8-24-22)15-17(16)14-20(19)28(21)12-11-26/h2,7-8,13-14,18H,1,3-6,9-12,15H2. The molecule has 4 heterocycles. The van der Waals surface area contributed by atoms with E-state index in [1.54, 1.807) is 0 Å². The Kier molecular flexibility index (Phi) is 3.86. The van der Waals surface area contributed by atoms with Gasteiger partial charge in [-0.05, 0) is 48.6 Å². The Morgan fingerprint density at radius 3 is 2.61 bits per heavy atom. The Balaban J connectivity index is 1.32. The third-order valence-corrected chi connectivity index (χ3v) is 6.82. The van der Waals surface area contributed by atoms with Crippen LogP contribution >= 0.6 is 0 Å². The molecule has 0 atom stereocenters. The van der Waals surface area contributed by atoms with E-state index in [1.807, 2.05) is 18.5 Å². The fourth-order valence-electron chi connectivity index (χ4n) is 4.99. The van der Waals surface area contributed by atoms with Crippen LogP contribution in [0.15, 0.2) is 30.6 Å². The number of benzene rings is 1. The molecule has 3 aliphatic rings. The third kappa shape index (κ3) is 2.70. The highest BCUT2D eigenvalue weighted by atomic mass is 15.2. The second-order valence-corrected chi connectivity index (χ2v) is 8.38. The number of anilines is 1. The fourth-order valence-corrected chi connectivity index (χ4v) is 4.99. The molecule has 2 aromatic heterocycles. The highest BCUT2D eigenvalue weighted by Gasteiger charge is 2.28. The summed E-state index contributed by atoms with van der Waals surface area (Å²) < 4.78 is 2.48. The smallest absolute Gasteiger partial charge is 0.225 e. The topological polar surface area (TPSA) is 50.1 Å². The van der Waals surface area contributed by atoms with Crippen molar-refractivity contribution in [1.29, 1.82) is 0 Å². The van der Waals surface area contributed by atoms with Gasteiger partial charge in [-0.1, -0.05) is 6.42 Å². The Morgan fingerprint density at radius 1 is 0.893 bits per heavy atom. The van der Waals surface area contributed by atoms with Crippen molar-refractivity contribution in [3.8, 4) is 0 Å². The van der Waals surface area contributed by atoms with Crippen LogP contribution in [0.4, 0.5) is 5.95 Å². The average Bonchev–Trinajstić information content (AvgIpc) is 2.90. The molecule has 0 spiro atoms. The summed E-state index contributed by atoms with van der Waals surface area (Å²) in [7, 11) is 0. The molecule has 0 N–H and O–H groups in total. The molecule has 0 bridgehead atoms. The Labute approximate surface area is 165 Å². The molecule has 1 aromatic carbocycles. The molecule has 0 amide bonds. The van der Waals surface area contributed by atoms with Gasteiger partial charge in [0, 0.05) is 57.6 Å². The first-order valence-electron chi connectivity index (χ1n) is 10.6. The summed E-state index contributed by atoms with van der Waals surface area (Å²) in [5.74, 6) is 2.10. The van der Waals surface area contributed by atoms with Gasteiger partial charge in [0.2, 0.25) is 5.95 Å². The lowest BCUT2D eigenvalue weighted by Crippen LogP contribution is -2.41. The van der Waals surface area contributed by atoms with E-state index in [9.17, 15) is 0 Å². The number of nitrogens with zero attached hydrogens (tertiary/aromatic N) is 6. The first kappa shape index (κ1) is 16.5. The highest BCUT2D eigenvalue weighted by Crippen LogP contribution is 2.30. The van der Waals surface area contributed by atoms with Gasteiger partial charge in [-0.3, -0.25) is 4.90 Å². The summed E-state index contributed by atoms with van der Waals surface area (Å²) >= 11 is 0. The van der Waals surface area contributed by atoms with Gasteiger partial charge in [-0.15, -0.1) is 0 Å². The normalized spacial score (nSPS) is 20.5. The number of hydrogen-bond acceptors (Lipinski definition) is 5. The number of aromatic nitrogens is 4. The lowest BCUT2D eigenvalue weighted by Gasteiger charge is -2.36. The van der Waals surface area contributed by atoms with E-state index in [4.69, 9.17) is 4.98 Å². The molecule has 1 aliphatic carbocycles. The minimum absolute atomic E-state index is 0.822. The lowest BCUT2D eigenvalue weighted by molar-refractivity contribution is 0.130. The van der Waals surface area contributed by atoms with Gasteiger partial charge in [0.1, 0.15) is 5.82 Å². The van der Waals surface area contributed by atoms with E-state index in [1.165, 1.54) is 47.2 Å². The molecule has 6 heteroatoms. The molecule has 28 heavy (non-hydrogen) atoms. The average molecular weight is 374 g/mol. The maximum Gasteiger partial charge on any atom is 0.225 e. The van der Waals surface area contributed by atoms with Gasteiger partial charge in [0.05, 0.1) is 11.0 Å². The molecule has 0 radical (unpaired) electrons. The molecule has 6 nitrogen and oxygen atoms in total. The van der Waals surface area contributed by atoms with Gasteiger partial charge >= 0.3 is 0 Å². The summed E-state index contributed by atoms with van der Waals surface area (Å²) in [6.07, 6.45) is 9.92. The highest BCUT2D eigenvalue weighted by molar-refractivity contribution is 5.78. The van der Waals surface area contributed by atoms with Gasteiger partial charge in [0.25, 0.3) is 0 Å². The summed E-state index contributed by atoms with van der Waals surface area (Å²) in [6.45, 7) is 5.22. The van der Waals surface area contributed by atoms with Gasteiger partial charge in [-0.25, -0.2) is 15.0 Å². The summed E-state index contributed by atoms with van der Waals surface area (Å²) in [5, 5.41) is 0. The number of hydrogen-bond donors (Lipinski definition) is 0. The molecule has 1 saturated carbocycles. The van der Waals surface area contributed by atoms with E-state index in [0.717, 1.165) is 57.6 Å². The zero-order valence-corrected chi connectivity index (χ0v) is 16.2. The maximum atomic E-state index is 5.03. The Morgan fingerprint density at radius 2 is 1.79 bits per heavy atom. The predicted molar refractivity (Wildman–Crippen MR) is 109 cm³/mol. The first-order chi connectivity index (χ1) is 13.8. The minimum atomic E-state index is 0.822. The van der Waals surface area contributed by atoms with Crippen LogP contribution in [0.2, 0.25) is 0 Å². The molecule has 0 unspecified atom stereocenters. The Hall–Kier alpha value is -2.47. The van der Waals surface area contributed by atoms with Crippen LogP contribution in [0.1, 0.15) is 36.2 Å². The van der Waals surface area contributed by atoms with Gasteiger partial charge in [-0.2, -0.15) is 0 Å². The van der Waals surface area contributed by atoms with Gasteiger partial charge < -0.3 is 9.47 Å². The monoisotopic (exact) mass is 374 g/mol. The van der Waals surface area contributed by atoms with E-state index in [-0.39, 0.29) is 0 Å². The first-order valence-corrected chi connectivity index (χ1v) is 10.6. The van der Waals surface area contributed by atoms with Crippen LogP contribution in [0, 0.1) is 0 Å². The molecule has 144 valence electrons. The van der Waals surface area contributed by atoms with Crippen molar-refractivity contribution >= 4 is 17.0 Å². The largest absolute Gasteiger partial charge is 0.336 e. The van der Waals surface area contributed by atoms with Gasteiger partial charge in [0.15, 0.2) is 0 Å². The van der Waals surface area contributed by atoms with E-state index < -0.39 is 0 Å². The maximum absolute atomic E-state index is 5.03. The van der Waals surface area contributed by atoms with Crippen molar-refractivity contribution in [3.05, 3.63) is 47.5 Å². The van der Waals surface area contributed by atoms with E-state index in [0.29, 0.717) is 0 Å². The summed E-state index contributed by atoms with van der Waals surface area (Å²) in [4.78, 5) is 18.9. The quantitative estimate of drug-likeness (QED) is 0.690.